The first-order valence-electron chi connectivity index (χ1n) is 22.0. The number of nitrogens with one attached hydrogen (secondary N) is 3. The fourth-order valence-electron chi connectivity index (χ4n) is 7.49. The van der Waals surface area contributed by atoms with Crippen molar-refractivity contribution >= 4 is 91.5 Å². The second kappa shape index (κ2) is 24.4. The quantitative estimate of drug-likeness (QED) is 0.0571. The number of hydrogen-bond acceptors (Lipinski definition) is 9. The Hall–Kier alpha value is -9.45. The van der Waals surface area contributed by atoms with Crippen LogP contribution in [0.2, 0.25) is 10.0 Å². The summed E-state index contributed by atoms with van der Waals surface area (Å²) in [4.78, 5) is 65.5. The highest BCUT2D eigenvalue weighted by Crippen LogP contribution is 2.41. The minimum Gasteiger partial charge on any atom is -0.481 e. The molecule has 0 aromatic heterocycles. The Morgan fingerprint density at radius 2 is 1.01 bits per heavy atom. The topological polar surface area (TPSA) is 237 Å². The summed E-state index contributed by atoms with van der Waals surface area (Å²) < 4.78 is 12.2. The Bertz CT molecular complexity index is 3440. The van der Waals surface area contributed by atoms with E-state index < -0.39 is 35.8 Å². The van der Waals surface area contributed by atoms with Crippen LogP contribution in [-0.2, 0) is 19.2 Å². The first-order chi connectivity index (χ1) is 35.0. The van der Waals surface area contributed by atoms with Crippen LogP contribution in [-0.4, -0.2) is 39.9 Å². The molecule has 2 atom stereocenters. The number of nitriles is 2. The van der Waals surface area contributed by atoms with Gasteiger partial charge >= 0.3 is 24.0 Å². The molecule has 0 aliphatic heterocycles. The molecule has 0 bridgehead atoms. The van der Waals surface area contributed by atoms with Crippen molar-refractivity contribution in [2.45, 2.75) is 51.6 Å². The van der Waals surface area contributed by atoms with E-state index in [9.17, 15) is 34.5 Å². The van der Waals surface area contributed by atoms with E-state index in [4.69, 9.17) is 56.0 Å². The molecule has 3 amide bonds. The molecule has 5 N–H and O–H groups in total. The van der Waals surface area contributed by atoms with Gasteiger partial charge in [-0.3, -0.25) is 33.7 Å². The summed E-state index contributed by atoms with van der Waals surface area (Å²) in [7, 11) is 0. The molecule has 18 heteroatoms. The van der Waals surface area contributed by atoms with E-state index in [1.54, 1.807) is 85.8 Å². The maximum atomic E-state index is 13.7. The molecular formula is C55H41Cl2N7O9. The second-order valence-electron chi connectivity index (χ2n) is 16.0. The van der Waals surface area contributed by atoms with E-state index in [2.05, 4.69) is 25.6 Å². The predicted octanol–water partition coefficient (Wildman–Crippen LogP) is 13.0. The van der Waals surface area contributed by atoms with Crippen LogP contribution in [0.3, 0.4) is 0 Å². The molecule has 0 spiro atoms. The zero-order valence-electron chi connectivity index (χ0n) is 38.8. The summed E-state index contributed by atoms with van der Waals surface area (Å²) in [6.07, 6.45) is -0.767. The first kappa shape index (κ1) is 52.9. The highest BCUT2D eigenvalue weighted by molar-refractivity contribution is 6.37. The monoisotopic (exact) mass is 1010 g/mol. The Morgan fingerprint density at radius 3 is 1.47 bits per heavy atom. The molecule has 2 unspecified atom stereocenters. The number of benzene rings is 7. The summed E-state index contributed by atoms with van der Waals surface area (Å²) in [6.45, 7) is 18.6. The maximum Gasteiger partial charge on any atom is 0.333 e. The number of hydrogen-bond donors (Lipinski definition) is 5. The average molecular weight is 1010 g/mol. The van der Waals surface area contributed by atoms with Crippen LogP contribution >= 0.6 is 23.2 Å². The lowest BCUT2D eigenvalue weighted by Gasteiger charge is -2.17. The van der Waals surface area contributed by atoms with Crippen molar-refractivity contribution in [3.63, 3.8) is 0 Å². The molecule has 7 rings (SSSR count). The van der Waals surface area contributed by atoms with Crippen molar-refractivity contribution in [1.29, 1.82) is 10.5 Å². The third kappa shape index (κ3) is 13.5. The van der Waals surface area contributed by atoms with Crippen LogP contribution < -0.4 is 25.4 Å². The van der Waals surface area contributed by atoms with Gasteiger partial charge in [-0.15, -0.1) is 0 Å². The molecule has 73 heavy (non-hydrogen) atoms. The highest BCUT2D eigenvalue weighted by Gasteiger charge is 2.29. The lowest BCUT2D eigenvalue weighted by atomic mass is 9.93. The first-order valence-corrected chi connectivity index (χ1v) is 22.8. The molecule has 0 fully saturated rings. The largest absolute Gasteiger partial charge is 0.481 e. The SMILES string of the molecule is [C-]#[N+]C(C#N)c1c(C(=O)Nc2cc(C)c(Cl)cc2Cl)cc(Oc2ccc(NC(=O)CCC(=O)O)cc2)c2ccccc12.[C-]#[N+]C(C#N)c1c(C)cc(Oc2ccc(NC(=O)CCC(=O)O)cc2)c2ccccc12. The summed E-state index contributed by atoms with van der Waals surface area (Å²) in [5.41, 5.74) is 3.74. The number of aryl methyl sites for hydroxylation is 2. The zero-order valence-corrected chi connectivity index (χ0v) is 40.3. The molecule has 16 nitrogen and oxygen atoms in total. The van der Waals surface area contributed by atoms with E-state index in [0.717, 1.165) is 16.3 Å². The van der Waals surface area contributed by atoms with Gasteiger partial charge in [-0.25, -0.2) is 13.1 Å². The Balaban J connectivity index is 0.000000249. The maximum absolute atomic E-state index is 13.7. The van der Waals surface area contributed by atoms with Crippen molar-refractivity contribution in [3.05, 3.63) is 182 Å². The van der Waals surface area contributed by atoms with Gasteiger partial charge < -0.3 is 35.6 Å². The van der Waals surface area contributed by atoms with E-state index in [0.29, 0.717) is 61.2 Å². The number of carboxylic acid groups (broad SMARTS) is 2. The second-order valence-corrected chi connectivity index (χ2v) is 16.8. The van der Waals surface area contributed by atoms with Gasteiger partial charge in [-0.1, -0.05) is 71.7 Å². The number of carbonyl (C=O) groups excluding carboxylic acids is 3. The van der Waals surface area contributed by atoms with Gasteiger partial charge in [-0.05, 0) is 109 Å². The van der Waals surface area contributed by atoms with Crippen molar-refractivity contribution in [2.24, 2.45) is 0 Å². The molecular weight excluding hydrogens is 974 g/mol. The van der Waals surface area contributed by atoms with Crippen molar-refractivity contribution in [2.75, 3.05) is 16.0 Å². The van der Waals surface area contributed by atoms with E-state index in [1.165, 1.54) is 12.1 Å². The number of carbonyl (C=O) groups is 5. The number of ether oxygens (including phenoxy) is 2. The third-order valence-corrected chi connectivity index (χ3v) is 11.7. The van der Waals surface area contributed by atoms with Gasteiger partial charge in [0, 0.05) is 40.0 Å². The molecule has 0 aliphatic rings. The number of nitrogens with zero attached hydrogens (tertiary/aromatic N) is 4. The van der Waals surface area contributed by atoms with Gasteiger partial charge in [0.25, 0.3) is 5.91 Å². The van der Waals surface area contributed by atoms with Gasteiger partial charge in [0.1, 0.15) is 23.0 Å². The number of aliphatic carboxylic acids is 2. The fraction of sp³-hybridized carbons (Fsp3) is 0.145. The number of anilines is 3. The highest BCUT2D eigenvalue weighted by atomic mass is 35.5. The molecule has 0 saturated heterocycles. The third-order valence-electron chi connectivity index (χ3n) is 11.0. The molecule has 0 saturated carbocycles. The van der Waals surface area contributed by atoms with Crippen LogP contribution in [0.1, 0.15) is 70.4 Å². The minimum atomic E-state index is -1.27. The molecule has 0 aliphatic carbocycles. The predicted molar refractivity (Wildman–Crippen MR) is 276 cm³/mol. The summed E-state index contributed by atoms with van der Waals surface area (Å²) in [5, 5.41) is 47.9. The van der Waals surface area contributed by atoms with Gasteiger partial charge in [0.05, 0.1) is 40.2 Å². The van der Waals surface area contributed by atoms with Crippen molar-refractivity contribution < 1.29 is 43.7 Å². The molecule has 7 aromatic carbocycles. The average Bonchev–Trinajstić information content (AvgIpc) is 3.37. The number of fused-ring (bicyclic) bond motifs is 2. The Labute approximate surface area is 428 Å². The number of halogens is 2. The van der Waals surface area contributed by atoms with Gasteiger partial charge in [0.2, 0.25) is 11.8 Å². The lowest BCUT2D eigenvalue weighted by molar-refractivity contribution is -0.138. The van der Waals surface area contributed by atoms with E-state index in [-0.39, 0.29) is 53.5 Å². The van der Waals surface area contributed by atoms with Crippen LogP contribution in [0.15, 0.2) is 121 Å². The Morgan fingerprint density at radius 1 is 0.575 bits per heavy atom. The van der Waals surface area contributed by atoms with E-state index >= 15 is 0 Å². The number of amides is 3. The van der Waals surface area contributed by atoms with Crippen molar-refractivity contribution in [1.82, 2.24) is 0 Å². The van der Waals surface area contributed by atoms with Crippen LogP contribution in [0.4, 0.5) is 17.1 Å². The summed E-state index contributed by atoms with van der Waals surface area (Å²) in [5.74, 6) is -1.70. The molecule has 0 radical (unpaired) electrons. The lowest BCUT2D eigenvalue weighted by Crippen LogP contribution is -2.16. The van der Waals surface area contributed by atoms with Crippen LogP contribution in [0.5, 0.6) is 23.0 Å². The normalized spacial score (nSPS) is 11.2. The summed E-state index contributed by atoms with van der Waals surface area (Å²) >= 11 is 12.5. The summed E-state index contributed by atoms with van der Waals surface area (Å²) in [6, 6.07) is 35.8. The van der Waals surface area contributed by atoms with E-state index in [1.807, 2.05) is 49.4 Å². The number of carboxylic acids is 2. The number of rotatable bonds is 16. The molecule has 364 valence electrons. The molecule has 7 aromatic rings. The Kier molecular flexibility index (Phi) is 17.7. The van der Waals surface area contributed by atoms with Gasteiger partial charge in [0.15, 0.2) is 12.1 Å². The smallest absolute Gasteiger partial charge is 0.333 e. The molecule has 0 heterocycles. The van der Waals surface area contributed by atoms with Crippen LogP contribution in [0.25, 0.3) is 31.2 Å². The fourth-order valence-corrected chi connectivity index (χ4v) is 7.92. The zero-order chi connectivity index (χ0) is 52.8. The van der Waals surface area contributed by atoms with Crippen LogP contribution in [0, 0.1) is 49.7 Å². The minimum absolute atomic E-state index is 0.0530. The van der Waals surface area contributed by atoms with Gasteiger partial charge in [-0.2, -0.15) is 10.5 Å². The van der Waals surface area contributed by atoms with Crippen molar-refractivity contribution in [3.8, 4) is 35.1 Å². The standard InChI is InChI=1S/C31H22Cl2N4O5.C24H19N3O4/c1-17-13-25(24(33)15-23(17)32)37-31(41)22-14-27(20-5-3-4-6-21(20)30(22)26(16-34)35-2)42-19-9-7-18(8-10-19)36-28(38)11-12-29(39)40;1-15-13-21(18-5-3-4-6-19(18)24(15)20(14-25)26-2)31-17-9-7-16(8-10-17)27-22(28)11-12-23(29)30/h3-10,13-15,26H,11-12H2,1H3,(H,36,38)(H,37,41)(H,39,40);3-10,13,20H,11-12H2,1H3,(H,27,28)(H,29,30).